The molecule has 174 valence electrons. The smallest absolute Gasteiger partial charge is 0.237 e. The van der Waals surface area contributed by atoms with Crippen LogP contribution in [0.3, 0.4) is 0 Å². The van der Waals surface area contributed by atoms with Crippen LogP contribution in [0.4, 0.5) is 0 Å². The molecular formula is C28H31N5O. The van der Waals surface area contributed by atoms with Crippen molar-refractivity contribution >= 4 is 16.8 Å². The normalized spacial score (nSPS) is 17.6. The Morgan fingerprint density at radius 3 is 2.47 bits per heavy atom. The van der Waals surface area contributed by atoms with Crippen molar-refractivity contribution in [3.63, 3.8) is 0 Å². The fraction of sp³-hybridized carbons (Fsp3) is 0.321. The van der Waals surface area contributed by atoms with Gasteiger partial charge in [0.05, 0.1) is 6.04 Å². The summed E-state index contributed by atoms with van der Waals surface area (Å²) < 4.78 is 2.31. The van der Waals surface area contributed by atoms with Crippen LogP contribution in [0.15, 0.2) is 73.4 Å². The van der Waals surface area contributed by atoms with Crippen LogP contribution in [0.5, 0.6) is 0 Å². The zero-order valence-corrected chi connectivity index (χ0v) is 19.7. The number of hydrogen-bond donors (Lipinski definition) is 2. The first kappa shape index (κ1) is 22.3. The highest BCUT2D eigenvalue weighted by Gasteiger charge is 2.30. The summed E-state index contributed by atoms with van der Waals surface area (Å²) in [6, 6.07) is 14.4. The van der Waals surface area contributed by atoms with Gasteiger partial charge in [0.15, 0.2) is 0 Å². The van der Waals surface area contributed by atoms with Crippen molar-refractivity contribution in [1.82, 2.24) is 25.2 Å². The van der Waals surface area contributed by atoms with Gasteiger partial charge in [-0.3, -0.25) is 20.1 Å². The van der Waals surface area contributed by atoms with Crippen molar-refractivity contribution in [2.24, 2.45) is 5.92 Å². The van der Waals surface area contributed by atoms with E-state index < -0.39 is 0 Å². The van der Waals surface area contributed by atoms with Crippen LogP contribution in [-0.4, -0.2) is 26.5 Å². The summed E-state index contributed by atoms with van der Waals surface area (Å²) in [6.07, 6.45) is 11.0. The number of rotatable bonds is 7. The fourth-order valence-electron chi connectivity index (χ4n) is 4.99. The highest BCUT2D eigenvalue weighted by Crippen LogP contribution is 2.36. The van der Waals surface area contributed by atoms with Gasteiger partial charge in [0.1, 0.15) is 0 Å². The molecule has 2 N–H and O–H groups in total. The van der Waals surface area contributed by atoms with Gasteiger partial charge >= 0.3 is 0 Å². The van der Waals surface area contributed by atoms with E-state index in [0.717, 1.165) is 18.5 Å². The average molecular weight is 454 g/mol. The van der Waals surface area contributed by atoms with Gasteiger partial charge in [-0.25, -0.2) is 0 Å². The van der Waals surface area contributed by atoms with E-state index in [-0.39, 0.29) is 18.0 Å². The molecular weight excluding hydrogens is 422 g/mol. The van der Waals surface area contributed by atoms with Gasteiger partial charge in [-0.15, -0.1) is 0 Å². The van der Waals surface area contributed by atoms with Gasteiger partial charge in [-0.1, -0.05) is 26.0 Å². The average Bonchev–Trinajstić information content (AvgIpc) is 3.11. The molecule has 2 atom stereocenters. The van der Waals surface area contributed by atoms with E-state index in [0.29, 0.717) is 18.9 Å². The molecule has 1 aliphatic heterocycles. The van der Waals surface area contributed by atoms with Crippen LogP contribution in [-0.2, 0) is 24.3 Å². The predicted octanol–water partition coefficient (Wildman–Crippen LogP) is 4.40. The Labute approximate surface area is 200 Å². The fourth-order valence-corrected chi connectivity index (χ4v) is 4.99. The lowest BCUT2D eigenvalue weighted by Crippen LogP contribution is -2.46. The van der Waals surface area contributed by atoms with E-state index >= 15 is 0 Å². The summed E-state index contributed by atoms with van der Waals surface area (Å²) in [5, 5.41) is 8.13. The van der Waals surface area contributed by atoms with Crippen molar-refractivity contribution < 1.29 is 4.79 Å². The summed E-state index contributed by atoms with van der Waals surface area (Å²) >= 11 is 0. The molecule has 0 aliphatic carbocycles. The van der Waals surface area contributed by atoms with Crippen LogP contribution in [0.1, 0.15) is 48.6 Å². The van der Waals surface area contributed by atoms with Crippen molar-refractivity contribution in [3.05, 3.63) is 95.7 Å². The molecule has 0 spiro atoms. The van der Waals surface area contributed by atoms with Crippen molar-refractivity contribution in [2.75, 3.05) is 0 Å². The van der Waals surface area contributed by atoms with Crippen LogP contribution in [0, 0.1) is 5.92 Å². The van der Waals surface area contributed by atoms with Crippen LogP contribution >= 0.6 is 0 Å². The lowest BCUT2D eigenvalue weighted by atomic mass is 9.94. The molecule has 6 nitrogen and oxygen atoms in total. The third-order valence-electron chi connectivity index (χ3n) is 6.56. The minimum atomic E-state index is -0.294. The molecule has 4 heterocycles. The zero-order valence-electron chi connectivity index (χ0n) is 19.7. The van der Waals surface area contributed by atoms with Gasteiger partial charge in [0.25, 0.3) is 0 Å². The van der Waals surface area contributed by atoms with Crippen molar-refractivity contribution in [2.45, 2.75) is 51.9 Å². The van der Waals surface area contributed by atoms with Gasteiger partial charge in [-0.05, 0) is 71.3 Å². The van der Waals surface area contributed by atoms with Crippen molar-refractivity contribution in [1.29, 1.82) is 0 Å². The summed E-state index contributed by atoms with van der Waals surface area (Å²) in [5.41, 5.74) is 5.99. The number of carbonyl (C=O) groups is 1. The molecule has 2 unspecified atom stereocenters. The predicted molar refractivity (Wildman–Crippen MR) is 134 cm³/mol. The number of benzene rings is 1. The number of nitrogens with one attached hydrogen (secondary N) is 2. The summed E-state index contributed by atoms with van der Waals surface area (Å²) in [4.78, 5) is 21.5. The Kier molecular flexibility index (Phi) is 6.41. The minimum absolute atomic E-state index is 0.0356. The van der Waals surface area contributed by atoms with Crippen LogP contribution in [0.25, 0.3) is 10.9 Å². The second-order valence-corrected chi connectivity index (χ2v) is 9.56. The third-order valence-corrected chi connectivity index (χ3v) is 6.56. The zero-order chi connectivity index (χ0) is 23.5. The van der Waals surface area contributed by atoms with E-state index in [1.807, 2.05) is 24.5 Å². The highest BCUT2D eigenvalue weighted by molar-refractivity contribution is 5.90. The lowest BCUT2D eigenvalue weighted by molar-refractivity contribution is -0.123. The molecule has 1 aromatic carbocycles. The molecule has 3 aromatic heterocycles. The molecule has 0 radical (unpaired) electrons. The van der Waals surface area contributed by atoms with Crippen LogP contribution < -0.4 is 10.6 Å². The number of pyridine rings is 2. The number of nitrogens with zero attached hydrogens (tertiary/aromatic N) is 3. The lowest BCUT2D eigenvalue weighted by Gasteiger charge is -2.25. The second-order valence-electron chi connectivity index (χ2n) is 9.56. The topological polar surface area (TPSA) is 71.8 Å². The maximum atomic E-state index is 13.3. The standard InChI is InChI=1S/C28H31N5O/c1-19(2)14-24-23-4-3-5-26-27(23)22(18-33(26)17-21-8-12-30-13-9-21)15-25(32-24)28(34)31-16-20-6-10-29-11-7-20/h3-13,18-19,24-25,32H,14-17H2,1-2H3,(H,31,34). The Hall–Kier alpha value is -3.51. The minimum Gasteiger partial charge on any atom is -0.351 e. The maximum absolute atomic E-state index is 13.3. The molecule has 1 aliphatic rings. The molecule has 0 bridgehead atoms. The highest BCUT2D eigenvalue weighted by atomic mass is 16.2. The Bertz CT molecular complexity index is 1270. The molecule has 0 fully saturated rings. The largest absolute Gasteiger partial charge is 0.351 e. The van der Waals surface area contributed by atoms with E-state index in [4.69, 9.17) is 0 Å². The quantitative estimate of drug-likeness (QED) is 0.435. The molecule has 5 rings (SSSR count). The molecule has 4 aromatic rings. The van der Waals surface area contributed by atoms with Gasteiger partial charge in [0, 0.05) is 61.0 Å². The summed E-state index contributed by atoms with van der Waals surface area (Å²) in [5.74, 6) is 0.544. The van der Waals surface area contributed by atoms with Crippen molar-refractivity contribution in [3.8, 4) is 0 Å². The molecule has 34 heavy (non-hydrogen) atoms. The number of carbonyl (C=O) groups excluding carboxylic acids is 1. The first-order valence-electron chi connectivity index (χ1n) is 12.0. The van der Waals surface area contributed by atoms with Gasteiger partial charge in [-0.2, -0.15) is 0 Å². The molecule has 0 saturated carbocycles. The van der Waals surface area contributed by atoms with Gasteiger partial charge < -0.3 is 9.88 Å². The van der Waals surface area contributed by atoms with E-state index in [1.165, 1.54) is 27.6 Å². The van der Waals surface area contributed by atoms with E-state index in [9.17, 15) is 4.79 Å². The van der Waals surface area contributed by atoms with Crippen LogP contribution in [0.2, 0.25) is 0 Å². The summed E-state index contributed by atoms with van der Waals surface area (Å²) in [7, 11) is 0. The number of aromatic nitrogens is 3. The Morgan fingerprint density at radius 2 is 1.76 bits per heavy atom. The first-order chi connectivity index (χ1) is 16.6. The molecule has 6 heteroatoms. The SMILES string of the molecule is CC(C)CC1NC(C(=O)NCc2ccncc2)Cc2cn(Cc3ccncc3)c3cccc1c23. The molecule has 0 saturated heterocycles. The van der Waals surface area contributed by atoms with Gasteiger partial charge in [0.2, 0.25) is 5.91 Å². The number of hydrogen-bond acceptors (Lipinski definition) is 4. The van der Waals surface area contributed by atoms with E-state index in [2.05, 4.69) is 75.5 Å². The number of amides is 1. The van der Waals surface area contributed by atoms with E-state index in [1.54, 1.807) is 12.4 Å². The monoisotopic (exact) mass is 453 g/mol. The summed E-state index contributed by atoms with van der Waals surface area (Å²) in [6.45, 7) is 5.75. The first-order valence-corrected chi connectivity index (χ1v) is 12.0. The molecule has 1 amide bonds. The maximum Gasteiger partial charge on any atom is 0.237 e. The third kappa shape index (κ3) is 4.73. The second kappa shape index (κ2) is 9.77. The Morgan fingerprint density at radius 1 is 1.06 bits per heavy atom. The Balaban J connectivity index is 1.48.